The lowest BCUT2D eigenvalue weighted by molar-refractivity contribution is 0.0665. The average Bonchev–Trinajstić information content (AvgIpc) is 2.34. The Morgan fingerprint density at radius 2 is 2.25 bits per heavy atom. The molecule has 16 heavy (non-hydrogen) atoms. The number of nitrogens with zero attached hydrogens (tertiary/aromatic N) is 1. The number of piperazine rings is 1. The number of nitrogens with two attached hydrogens (primary N) is 1. The number of hydrogen-bond acceptors (Lipinski definition) is 5. The molecule has 1 heterocycles. The number of rotatable bonds is 8. The van der Waals surface area contributed by atoms with Crippen LogP contribution in [0, 0.1) is 0 Å². The van der Waals surface area contributed by atoms with Gasteiger partial charge >= 0.3 is 0 Å². The zero-order valence-electron chi connectivity index (χ0n) is 10.3. The Morgan fingerprint density at radius 1 is 1.38 bits per heavy atom. The van der Waals surface area contributed by atoms with Crippen LogP contribution in [-0.2, 0) is 9.47 Å². The van der Waals surface area contributed by atoms with Crippen LogP contribution in [0.5, 0.6) is 0 Å². The molecule has 0 aromatic heterocycles. The molecular weight excluding hydrogens is 206 g/mol. The van der Waals surface area contributed by atoms with Crippen LogP contribution in [0.15, 0.2) is 0 Å². The summed E-state index contributed by atoms with van der Waals surface area (Å²) in [5.74, 6) is 0. The van der Waals surface area contributed by atoms with Gasteiger partial charge in [-0.05, 0) is 6.42 Å². The maximum absolute atomic E-state index is 5.72. The van der Waals surface area contributed by atoms with Gasteiger partial charge in [-0.2, -0.15) is 0 Å². The van der Waals surface area contributed by atoms with Gasteiger partial charge in [-0.15, -0.1) is 0 Å². The van der Waals surface area contributed by atoms with E-state index in [1.54, 1.807) is 7.11 Å². The number of ether oxygens (including phenoxy) is 2. The van der Waals surface area contributed by atoms with Crippen LogP contribution in [0.1, 0.15) is 6.42 Å². The fourth-order valence-electron chi connectivity index (χ4n) is 1.92. The summed E-state index contributed by atoms with van der Waals surface area (Å²) >= 11 is 0. The summed E-state index contributed by atoms with van der Waals surface area (Å²) in [6.45, 7) is 7.18. The molecule has 0 amide bonds. The second-order valence-corrected chi connectivity index (χ2v) is 4.09. The molecule has 1 aliphatic heterocycles. The molecule has 1 unspecified atom stereocenters. The van der Waals surface area contributed by atoms with Gasteiger partial charge in [0.25, 0.3) is 0 Å². The standard InChI is InChI=1S/C11H25N3O2/c1-15-6-2-7-16-8-5-14-4-3-13-10-11(14)9-12/h11,13H,2-10,12H2,1H3. The van der Waals surface area contributed by atoms with Gasteiger partial charge in [0, 0.05) is 59.1 Å². The quantitative estimate of drug-likeness (QED) is 0.540. The van der Waals surface area contributed by atoms with E-state index in [1.165, 1.54) is 0 Å². The van der Waals surface area contributed by atoms with Crippen LogP contribution in [-0.4, -0.2) is 70.6 Å². The fraction of sp³-hybridized carbons (Fsp3) is 1.00. The lowest BCUT2D eigenvalue weighted by Gasteiger charge is -2.35. The van der Waals surface area contributed by atoms with Gasteiger partial charge in [-0.1, -0.05) is 0 Å². The Morgan fingerprint density at radius 3 is 3.00 bits per heavy atom. The third-order valence-electron chi connectivity index (χ3n) is 2.90. The highest BCUT2D eigenvalue weighted by molar-refractivity contribution is 4.79. The van der Waals surface area contributed by atoms with Crippen molar-refractivity contribution in [1.29, 1.82) is 0 Å². The Kier molecular flexibility index (Phi) is 7.71. The van der Waals surface area contributed by atoms with Gasteiger partial charge in [0.05, 0.1) is 6.61 Å². The minimum Gasteiger partial charge on any atom is -0.385 e. The van der Waals surface area contributed by atoms with E-state index >= 15 is 0 Å². The predicted molar refractivity (Wildman–Crippen MR) is 64.6 cm³/mol. The first-order valence-electron chi connectivity index (χ1n) is 6.10. The smallest absolute Gasteiger partial charge is 0.0593 e. The SMILES string of the molecule is COCCCOCCN1CCNCC1CN. The predicted octanol–water partition coefficient (Wildman–Crippen LogP) is -0.728. The van der Waals surface area contributed by atoms with Crippen LogP contribution >= 0.6 is 0 Å². The van der Waals surface area contributed by atoms with Crippen molar-refractivity contribution in [2.75, 3.05) is 59.7 Å². The first-order valence-corrected chi connectivity index (χ1v) is 6.10. The number of methoxy groups -OCH3 is 1. The van der Waals surface area contributed by atoms with Crippen LogP contribution in [0.2, 0.25) is 0 Å². The van der Waals surface area contributed by atoms with E-state index in [4.69, 9.17) is 15.2 Å². The van der Waals surface area contributed by atoms with Gasteiger partial charge < -0.3 is 20.5 Å². The monoisotopic (exact) mass is 231 g/mol. The first kappa shape index (κ1) is 13.9. The molecule has 1 fully saturated rings. The average molecular weight is 231 g/mol. The lowest BCUT2D eigenvalue weighted by atomic mass is 10.2. The molecule has 0 spiro atoms. The second kappa shape index (κ2) is 8.90. The molecule has 0 bridgehead atoms. The minimum absolute atomic E-state index is 0.469. The highest BCUT2D eigenvalue weighted by Crippen LogP contribution is 2.01. The van der Waals surface area contributed by atoms with E-state index < -0.39 is 0 Å². The molecule has 1 atom stereocenters. The Hall–Kier alpha value is -0.200. The van der Waals surface area contributed by atoms with E-state index in [0.717, 1.165) is 59.0 Å². The van der Waals surface area contributed by atoms with Crippen LogP contribution < -0.4 is 11.1 Å². The fourth-order valence-corrected chi connectivity index (χ4v) is 1.92. The number of nitrogens with one attached hydrogen (secondary N) is 1. The minimum atomic E-state index is 0.469. The van der Waals surface area contributed by atoms with Gasteiger partial charge in [0.1, 0.15) is 0 Å². The second-order valence-electron chi connectivity index (χ2n) is 4.09. The summed E-state index contributed by atoms with van der Waals surface area (Å²) in [7, 11) is 1.71. The van der Waals surface area contributed by atoms with Crippen molar-refractivity contribution in [3.63, 3.8) is 0 Å². The van der Waals surface area contributed by atoms with Gasteiger partial charge in [0.15, 0.2) is 0 Å². The summed E-state index contributed by atoms with van der Waals surface area (Å²) in [5.41, 5.74) is 5.72. The van der Waals surface area contributed by atoms with Crippen molar-refractivity contribution in [3.8, 4) is 0 Å². The molecule has 5 heteroatoms. The first-order chi connectivity index (χ1) is 7.88. The zero-order valence-corrected chi connectivity index (χ0v) is 10.3. The highest BCUT2D eigenvalue weighted by Gasteiger charge is 2.19. The summed E-state index contributed by atoms with van der Waals surface area (Å²) in [4.78, 5) is 2.41. The molecule has 0 radical (unpaired) electrons. The van der Waals surface area contributed by atoms with E-state index in [1.807, 2.05) is 0 Å². The third-order valence-corrected chi connectivity index (χ3v) is 2.90. The topological polar surface area (TPSA) is 59.8 Å². The van der Waals surface area contributed by atoms with Crippen molar-refractivity contribution in [1.82, 2.24) is 10.2 Å². The molecule has 0 aromatic carbocycles. The van der Waals surface area contributed by atoms with Crippen LogP contribution in [0.4, 0.5) is 0 Å². The molecule has 5 nitrogen and oxygen atoms in total. The summed E-state index contributed by atoms with van der Waals surface area (Å²) in [6, 6.07) is 0.469. The highest BCUT2D eigenvalue weighted by atomic mass is 16.5. The summed E-state index contributed by atoms with van der Waals surface area (Å²) in [6.07, 6.45) is 0.971. The van der Waals surface area contributed by atoms with E-state index in [0.29, 0.717) is 6.04 Å². The van der Waals surface area contributed by atoms with E-state index in [9.17, 15) is 0 Å². The van der Waals surface area contributed by atoms with Gasteiger partial charge in [0.2, 0.25) is 0 Å². The van der Waals surface area contributed by atoms with Gasteiger partial charge in [-0.3, -0.25) is 4.90 Å². The normalized spacial score (nSPS) is 22.5. The van der Waals surface area contributed by atoms with Crippen molar-refractivity contribution >= 4 is 0 Å². The van der Waals surface area contributed by atoms with Crippen molar-refractivity contribution < 1.29 is 9.47 Å². The molecule has 96 valence electrons. The number of hydrogen-bond donors (Lipinski definition) is 2. The molecule has 3 N–H and O–H groups in total. The Bertz CT molecular complexity index is 169. The molecule has 0 aromatic rings. The summed E-state index contributed by atoms with van der Waals surface area (Å²) in [5, 5.41) is 3.36. The lowest BCUT2D eigenvalue weighted by Crippen LogP contribution is -2.55. The molecule has 1 rings (SSSR count). The zero-order chi connectivity index (χ0) is 11.6. The molecular formula is C11H25N3O2. The van der Waals surface area contributed by atoms with E-state index in [-0.39, 0.29) is 0 Å². The van der Waals surface area contributed by atoms with E-state index in [2.05, 4.69) is 10.2 Å². The summed E-state index contributed by atoms with van der Waals surface area (Å²) < 4.78 is 10.5. The molecule has 0 saturated carbocycles. The Balaban J connectivity index is 2.02. The molecule has 1 aliphatic rings. The van der Waals surface area contributed by atoms with Crippen molar-refractivity contribution in [3.05, 3.63) is 0 Å². The maximum Gasteiger partial charge on any atom is 0.0593 e. The van der Waals surface area contributed by atoms with Crippen LogP contribution in [0.3, 0.4) is 0 Å². The Labute approximate surface area is 98.3 Å². The van der Waals surface area contributed by atoms with Crippen molar-refractivity contribution in [2.45, 2.75) is 12.5 Å². The maximum atomic E-state index is 5.72. The largest absolute Gasteiger partial charge is 0.385 e. The molecule has 0 aliphatic carbocycles. The van der Waals surface area contributed by atoms with Crippen molar-refractivity contribution in [2.24, 2.45) is 5.73 Å². The van der Waals surface area contributed by atoms with Crippen LogP contribution in [0.25, 0.3) is 0 Å². The third kappa shape index (κ3) is 5.23. The van der Waals surface area contributed by atoms with Gasteiger partial charge in [-0.25, -0.2) is 0 Å². The molecule has 1 saturated heterocycles.